The highest BCUT2D eigenvalue weighted by molar-refractivity contribution is 6.24. The Morgan fingerprint density at radius 2 is 2.05 bits per heavy atom. The van der Waals surface area contributed by atoms with Crippen molar-refractivity contribution in [3.63, 3.8) is 0 Å². The van der Waals surface area contributed by atoms with Gasteiger partial charge in [0.2, 0.25) is 5.91 Å². The zero-order chi connectivity index (χ0) is 13.3. The molecule has 0 aromatic carbocycles. The van der Waals surface area contributed by atoms with Crippen LogP contribution in [0.3, 0.4) is 0 Å². The van der Waals surface area contributed by atoms with Gasteiger partial charge in [-0.1, -0.05) is 0 Å². The molecular weight excluding hydrogens is 260 g/mol. The van der Waals surface area contributed by atoms with Gasteiger partial charge in [-0.15, -0.1) is 11.6 Å². The maximum atomic E-state index is 13.0. The van der Waals surface area contributed by atoms with E-state index in [2.05, 4.69) is 4.98 Å². The number of aromatic nitrogens is 2. The Hall–Kier alpha value is -0.830. The van der Waals surface area contributed by atoms with Gasteiger partial charge in [0.25, 0.3) is 0 Å². The van der Waals surface area contributed by atoms with Crippen LogP contribution in [0.1, 0.15) is 49.1 Å². The predicted octanol–water partition coefficient (Wildman–Crippen LogP) is 3.41. The number of hydrogen-bond donors (Lipinski definition) is 0. The third-order valence-electron chi connectivity index (χ3n) is 5.49. The third kappa shape index (κ3) is 1.63. The van der Waals surface area contributed by atoms with Gasteiger partial charge in [-0.2, -0.15) is 0 Å². The van der Waals surface area contributed by atoms with E-state index < -0.39 is 0 Å². The lowest BCUT2D eigenvalue weighted by molar-refractivity contribution is -0.0296. The Morgan fingerprint density at radius 3 is 2.58 bits per heavy atom. The predicted molar refractivity (Wildman–Crippen MR) is 73.3 cm³/mol. The zero-order valence-corrected chi connectivity index (χ0v) is 12.0. The van der Waals surface area contributed by atoms with Gasteiger partial charge in [-0.25, -0.2) is 4.98 Å². The van der Waals surface area contributed by atoms with Crippen LogP contribution in [0.5, 0.6) is 0 Å². The normalized spacial score (nSPS) is 43.7. The fourth-order valence-corrected chi connectivity index (χ4v) is 5.94. The maximum absolute atomic E-state index is 13.0. The second kappa shape index (κ2) is 3.63. The van der Waals surface area contributed by atoms with Crippen LogP contribution in [-0.4, -0.2) is 20.3 Å². The monoisotopic (exact) mass is 278 g/mol. The van der Waals surface area contributed by atoms with E-state index >= 15 is 0 Å². The number of nitrogens with zero attached hydrogens (tertiary/aromatic N) is 2. The average Bonchev–Trinajstić information content (AvgIpc) is 2.71. The lowest BCUT2D eigenvalue weighted by atomic mass is 9.49. The van der Waals surface area contributed by atoms with Crippen molar-refractivity contribution in [2.45, 2.75) is 50.3 Å². The van der Waals surface area contributed by atoms with Crippen molar-refractivity contribution in [3.05, 3.63) is 18.2 Å². The summed E-state index contributed by atoms with van der Waals surface area (Å²) in [5.74, 6) is 2.35. The van der Waals surface area contributed by atoms with Crippen molar-refractivity contribution in [3.8, 4) is 0 Å². The van der Waals surface area contributed by atoms with Gasteiger partial charge in [-0.3, -0.25) is 9.36 Å². The number of alkyl halides is 1. The Balaban J connectivity index is 1.74. The van der Waals surface area contributed by atoms with Crippen LogP contribution in [0, 0.1) is 24.2 Å². The molecule has 102 valence electrons. The van der Waals surface area contributed by atoms with Gasteiger partial charge < -0.3 is 0 Å². The highest BCUT2D eigenvalue weighted by Crippen LogP contribution is 2.64. The highest BCUT2D eigenvalue weighted by Gasteiger charge is 2.60. The molecule has 1 aromatic rings. The molecule has 5 rings (SSSR count). The minimum Gasteiger partial charge on any atom is -0.273 e. The first-order valence-electron chi connectivity index (χ1n) is 7.23. The van der Waals surface area contributed by atoms with E-state index in [-0.39, 0.29) is 16.2 Å². The molecule has 0 amide bonds. The van der Waals surface area contributed by atoms with E-state index in [0.717, 1.165) is 37.9 Å². The molecule has 3 nitrogen and oxygen atoms in total. The molecular formula is C15H19ClN2O. The second-order valence-corrected chi connectivity index (χ2v) is 7.84. The molecule has 4 aliphatic carbocycles. The number of carbonyl (C=O) groups excluding carboxylic acids is 1. The molecule has 0 aliphatic heterocycles. The Bertz CT molecular complexity index is 536. The van der Waals surface area contributed by atoms with E-state index in [4.69, 9.17) is 11.6 Å². The molecule has 4 saturated carbocycles. The minimum atomic E-state index is -0.211. The van der Waals surface area contributed by atoms with Crippen LogP contribution >= 0.6 is 11.6 Å². The lowest BCUT2D eigenvalue weighted by Crippen LogP contribution is -2.57. The molecule has 0 saturated heterocycles. The number of carbonyl (C=O) groups is 1. The smallest absolute Gasteiger partial charge is 0.238 e. The highest BCUT2D eigenvalue weighted by atomic mass is 35.5. The summed E-state index contributed by atoms with van der Waals surface area (Å²) in [7, 11) is 0. The molecule has 4 bridgehead atoms. The number of hydrogen-bond acceptors (Lipinski definition) is 2. The van der Waals surface area contributed by atoms with E-state index in [1.165, 1.54) is 6.42 Å². The van der Waals surface area contributed by atoms with Crippen LogP contribution in [0.25, 0.3) is 0 Å². The van der Waals surface area contributed by atoms with E-state index in [0.29, 0.717) is 11.8 Å². The SMILES string of the molecule is Cc1nccn1C(=O)C12CC3CC(CC(Cl)(C3)C1)C2. The molecule has 2 atom stereocenters. The van der Waals surface area contributed by atoms with Crippen molar-refractivity contribution in [2.24, 2.45) is 17.3 Å². The van der Waals surface area contributed by atoms with Crippen molar-refractivity contribution < 1.29 is 4.79 Å². The molecule has 4 heteroatoms. The molecule has 1 heterocycles. The Kier molecular flexibility index (Phi) is 2.28. The van der Waals surface area contributed by atoms with E-state index in [1.807, 2.05) is 6.92 Å². The topological polar surface area (TPSA) is 34.9 Å². The summed E-state index contributed by atoms with van der Waals surface area (Å²) >= 11 is 6.79. The van der Waals surface area contributed by atoms with Gasteiger partial charge in [0.15, 0.2) is 0 Å². The van der Waals surface area contributed by atoms with Crippen molar-refractivity contribution in [1.29, 1.82) is 0 Å². The van der Waals surface area contributed by atoms with Gasteiger partial charge in [0.05, 0.1) is 5.41 Å². The quantitative estimate of drug-likeness (QED) is 0.738. The fraction of sp³-hybridized carbons (Fsp3) is 0.733. The van der Waals surface area contributed by atoms with Crippen molar-refractivity contribution >= 4 is 17.5 Å². The lowest BCUT2D eigenvalue weighted by Gasteiger charge is -2.59. The van der Waals surface area contributed by atoms with Crippen molar-refractivity contribution in [1.82, 2.24) is 9.55 Å². The molecule has 0 N–H and O–H groups in total. The molecule has 0 radical (unpaired) electrons. The summed E-state index contributed by atoms with van der Waals surface area (Å²) in [6, 6.07) is 0. The van der Waals surface area contributed by atoms with E-state index in [1.54, 1.807) is 17.0 Å². The number of rotatable bonds is 1. The van der Waals surface area contributed by atoms with Crippen LogP contribution in [0.2, 0.25) is 0 Å². The van der Waals surface area contributed by atoms with Gasteiger partial charge in [-0.05, 0) is 57.3 Å². The molecule has 19 heavy (non-hydrogen) atoms. The van der Waals surface area contributed by atoms with Gasteiger partial charge in [0, 0.05) is 17.3 Å². The van der Waals surface area contributed by atoms with Crippen LogP contribution in [-0.2, 0) is 0 Å². The number of halogens is 1. The summed E-state index contributed by atoms with van der Waals surface area (Å²) in [6.07, 6.45) is 9.97. The standard InChI is InChI=1S/C15H19ClN2O/c1-10-17-2-3-18(10)13(19)14-5-11-4-12(6-14)8-15(16,7-11)9-14/h2-3,11-12H,4-9H2,1H3. The van der Waals surface area contributed by atoms with Crippen LogP contribution < -0.4 is 0 Å². The fourth-order valence-electron chi connectivity index (χ4n) is 5.25. The molecule has 0 spiro atoms. The Labute approximate surface area is 118 Å². The summed E-state index contributed by atoms with van der Waals surface area (Å²) in [6.45, 7) is 1.90. The summed E-state index contributed by atoms with van der Waals surface area (Å²) in [4.78, 5) is 17.1. The van der Waals surface area contributed by atoms with Crippen molar-refractivity contribution in [2.75, 3.05) is 0 Å². The Morgan fingerprint density at radius 1 is 1.37 bits per heavy atom. The van der Waals surface area contributed by atoms with Crippen LogP contribution in [0.4, 0.5) is 0 Å². The minimum absolute atomic E-state index is 0.103. The molecule has 2 unspecified atom stereocenters. The first-order valence-corrected chi connectivity index (χ1v) is 7.61. The zero-order valence-electron chi connectivity index (χ0n) is 11.2. The number of aryl methyl sites for hydroxylation is 1. The maximum Gasteiger partial charge on any atom is 0.238 e. The van der Waals surface area contributed by atoms with E-state index in [9.17, 15) is 4.79 Å². The van der Waals surface area contributed by atoms with Crippen LogP contribution in [0.15, 0.2) is 12.4 Å². The second-order valence-electron chi connectivity index (χ2n) is 7.04. The molecule has 4 fully saturated rings. The summed E-state index contributed by atoms with van der Waals surface area (Å²) < 4.78 is 1.74. The number of imidazole rings is 1. The largest absolute Gasteiger partial charge is 0.273 e. The average molecular weight is 279 g/mol. The molecule has 1 aromatic heterocycles. The van der Waals surface area contributed by atoms with Gasteiger partial charge >= 0.3 is 0 Å². The first-order chi connectivity index (χ1) is 9.00. The summed E-state index contributed by atoms with van der Waals surface area (Å²) in [5, 5.41) is 0. The summed E-state index contributed by atoms with van der Waals surface area (Å²) in [5.41, 5.74) is -0.211. The van der Waals surface area contributed by atoms with Gasteiger partial charge in [0.1, 0.15) is 5.82 Å². The molecule has 4 aliphatic rings. The first kappa shape index (κ1) is 12.0. The third-order valence-corrected chi connectivity index (χ3v) is 5.93.